The zero-order valence-electron chi connectivity index (χ0n) is 13.6. The summed E-state index contributed by atoms with van der Waals surface area (Å²) in [5.74, 6) is 2.96. The first-order valence-corrected chi connectivity index (χ1v) is 11.8. The first-order valence-electron chi connectivity index (χ1n) is 8.13. The molecule has 0 spiro atoms. The van der Waals surface area contributed by atoms with Gasteiger partial charge in [0.15, 0.2) is 0 Å². The summed E-state index contributed by atoms with van der Waals surface area (Å²) in [4.78, 5) is 21.3. The Hall–Kier alpha value is -1.17. The van der Waals surface area contributed by atoms with Crippen molar-refractivity contribution in [1.82, 2.24) is 15.3 Å². The molecule has 1 amide bonds. The first-order chi connectivity index (χ1) is 11.7. The molecule has 0 bridgehead atoms. The van der Waals surface area contributed by atoms with Crippen molar-refractivity contribution in [3.05, 3.63) is 29.0 Å². The Morgan fingerprint density at radius 2 is 2.17 bits per heavy atom. The van der Waals surface area contributed by atoms with Crippen molar-refractivity contribution in [2.45, 2.75) is 48.9 Å². The molecule has 2 N–H and O–H groups in total. The minimum atomic E-state index is -0.243. The van der Waals surface area contributed by atoms with Gasteiger partial charge in [0.2, 0.25) is 0 Å². The molecule has 1 aromatic heterocycles. The number of anilines is 1. The molecule has 1 unspecified atom stereocenters. The van der Waals surface area contributed by atoms with Crippen LogP contribution in [0.25, 0.3) is 10.9 Å². The van der Waals surface area contributed by atoms with E-state index in [0.717, 1.165) is 39.4 Å². The number of benzene rings is 1. The number of carbonyl (C=O) groups is 1. The molecule has 128 valence electrons. The summed E-state index contributed by atoms with van der Waals surface area (Å²) in [6.45, 7) is 0. The van der Waals surface area contributed by atoms with Crippen molar-refractivity contribution in [3.63, 3.8) is 0 Å². The average molecular weight is 456 g/mol. The number of nitrogens with zero attached hydrogens (tertiary/aromatic N) is 2. The standard InChI is InChI=1S/C17H21BrN4OSe/c1-24-9-15(17(23)21-12-4-2-3-5-12)22-16-13-8-11(18)6-7-14(13)19-10-20-16/h6-8,10,12,15H,2-5,9H2,1H3,(H,21,23)(H,19,20,22). The SMILES string of the molecule is C[Se]CC(Nc1ncnc2ccc(Br)cc12)C(=O)NC1CCCC1. The molecule has 0 aliphatic heterocycles. The van der Waals surface area contributed by atoms with E-state index in [1.807, 2.05) is 18.2 Å². The number of amides is 1. The van der Waals surface area contributed by atoms with E-state index in [9.17, 15) is 4.79 Å². The van der Waals surface area contributed by atoms with E-state index in [0.29, 0.717) is 21.0 Å². The van der Waals surface area contributed by atoms with Crippen LogP contribution in [-0.2, 0) is 4.79 Å². The molecule has 0 saturated heterocycles. The van der Waals surface area contributed by atoms with Gasteiger partial charge in [-0.15, -0.1) is 0 Å². The van der Waals surface area contributed by atoms with Gasteiger partial charge in [-0.1, -0.05) is 0 Å². The summed E-state index contributed by atoms with van der Waals surface area (Å²) in [5.41, 5.74) is 0.868. The average Bonchev–Trinajstić information content (AvgIpc) is 3.08. The van der Waals surface area contributed by atoms with Crippen LogP contribution in [0.4, 0.5) is 5.82 Å². The summed E-state index contributed by atoms with van der Waals surface area (Å²) < 4.78 is 0.972. The monoisotopic (exact) mass is 456 g/mol. The van der Waals surface area contributed by atoms with E-state index in [2.05, 4.69) is 42.4 Å². The van der Waals surface area contributed by atoms with Gasteiger partial charge in [0.25, 0.3) is 0 Å². The number of halogens is 1. The fourth-order valence-corrected chi connectivity index (χ4v) is 4.58. The Bertz CT molecular complexity index is 721. The Balaban J connectivity index is 1.80. The van der Waals surface area contributed by atoms with Crippen molar-refractivity contribution >= 4 is 53.5 Å². The predicted molar refractivity (Wildman–Crippen MR) is 101 cm³/mol. The van der Waals surface area contributed by atoms with E-state index in [-0.39, 0.29) is 11.9 Å². The third kappa shape index (κ3) is 4.26. The molecule has 1 aliphatic rings. The second-order valence-corrected chi connectivity index (χ2v) is 8.85. The van der Waals surface area contributed by atoms with E-state index >= 15 is 0 Å². The van der Waals surface area contributed by atoms with Gasteiger partial charge >= 0.3 is 157 Å². The molecule has 24 heavy (non-hydrogen) atoms. The van der Waals surface area contributed by atoms with Crippen LogP contribution < -0.4 is 10.6 Å². The first kappa shape index (κ1) is 17.6. The summed E-state index contributed by atoms with van der Waals surface area (Å²) in [5, 5.41) is 8.32. The number of rotatable bonds is 6. The Morgan fingerprint density at radius 1 is 1.38 bits per heavy atom. The molecule has 1 aliphatic carbocycles. The number of carbonyl (C=O) groups excluding carboxylic acids is 1. The van der Waals surface area contributed by atoms with Crippen LogP contribution in [0.3, 0.4) is 0 Å². The van der Waals surface area contributed by atoms with Gasteiger partial charge in [0, 0.05) is 0 Å². The number of aromatic nitrogens is 2. The molecule has 2 aromatic rings. The van der Waals surface area contributed by atoms with E-state index in [4.69, 9.17) is 0 Å². The molecule has 1 saturated carbocycles. The molecule has 0 radical (unpaired) electrons. The van der Waals surface area contributed by atoms with Gasteiger partial charge in [-0.3, -0.25) is 0 Å². The van der Waals surface area contributed by atoms with Crippen molar-refractivity contribution in [2.24, 2.45) is 0 Å². The van der Waals surface area contributed by atoms with Crippen LogP contribution in [0.1, 0.15) is 25.7 Å². The summed E-state index contributed by atoms with van der Waals surface area (Å²) >= 11 is 3.89. The number of hydrogen-bond acceptors (Lipinski definition) is 4. The summed E-state index contributed by atoms with van der Waals surface area (Å²) in [6, 6.07) is 5.98. The van der Waals surface area contributed by atoms with Gasteiger partial charge in [-0.2, -0.15) is 0 Å². The van der Waals surface area contributed by atoms with Gasteiger partial charge in [0.1, 0.15) is 0 Å². The quantitative estimate of drug-likeness (QED) is 0.655. The summed E-state index contributed by atoms with van der Waals surface area (Å²) in [7, 11) is 0. The van der Waals surface area contributed by atoms with Crippen molar-refractivity contribution in [1.29, 1.82) is 0 Å². The molecule has 5 nitrogen and oxygen atoms in total. The Labute approximate surface area is 156 Å². The van der Waals surface area contributed by atoms with E-state index in [1.54, 1.807) is 6.33 Å². The second kappa shape index (κ2) is 8.28. The van der Waals surface area contributed by atoms with Gasteiger partial charge in [0.05, 0.1) is 0 Å². The minimum absolute atomic E-state index is 0.0902. The van der Waals surface area contributed by atoms with Crippen molar-refractivity contribution in [2.75, 3.05) is 5.32 Å². The maximum atomic E-state index is 12.7. The molecular weight excluding hydrogens is 435 g/mol. The Morgan fingerprint density at radius 3 is 2.92 bits per heavy atom. The normalized spacial score (nSPS) is 16.2. The number of nitrogens with one attached hydrogen (secondary N) is 2. The molecule has 1 fully saturated rings. The molecular formula is C17H21BrN4OSe. The molecule has 1 atom stereocenters. The Kier molecular flexibility index (Phi) is 6.08. The van der Waals surface area contributed by atoms with Crippen molar-refractivity contribution in [3.8, 4) is 0 Å². The fourth-order valence-electron chi connectivity index (χ4n) is 3.03. The van der Waals surface area contributed by atoms with Crippen LogP contribution in [0.5, 0.6) is 0 Å². The van der Waals surface area contributed by atoms with Crippen LogP contribution in [0.2, 0.25) is 11.1 Å². The van der Waals surface area contributed by atoms with Gasteiger partial charge in [-0.25, -0.2) is 0 Å². The third-order valence-electron chi connectivity index (χ3n) is 4.26. The van der Waals surface area contributed by atoms with Crippen LogP contribution >= 0.6 is 15.9 Å². The molecule has 1 aromatic carbocycles. The second-order valence-electron chi connectivity index (χ2n) is 6.03. The molecule has 7 heteroatoms. The van der Waals surface area contributed by atoms with Gasteiger partial charge in [-0.05, 0) is 0 Å². The third-order valence-corrected chi connectivity index (χ3v) is 6.15. The molecule has 1 heterocycles. The topological polar surface area (TPSA) is 66.9 Å². The van der Waals surface area contributed by atoms with Crippen LogP contribution in [-0.4, -0.2) is 42.9 Å². The van der Waals surface area contributed by atoms with Crippen LogP contribution in [0, 0.1) is 0 Å². The van der Waals surface area contributed by atoms with E-state index in [1.165, 1.54) is 12.8 Å². The maximum absolute atomic E-state index is 12.7. The van der Waals surface area contributed by atoms with Crippen molar-refractivity contribution < 1.29 is 4.79 Å². The number of hydrogen-bond donors (Lipinski definition) is 2. The van der Waals surface area contributed by atoms with Gasteiger partial charge < -0.3 is 0 Å². The summed E-state index contributed by atoms with van der Waals surface area (Å²) in [6.07, 6.45) is 6.16. The number of fused-ring (bicyclic) bond motifs is 1. The van der Waals surface area contributed by atoms with E-state index < -0.39 is 0 Å². The molecule has 3 rings (SSSR count). The zero-order valence-corrected chi connectivity index (χ0v) is 16.9. The predicted octanol–water partition coefficient (Wildman–Crippen LogP) is 3.40. The fraction of sp³-hybridized carbons (Fsp3) is 0.471. The van der Waals surface area contributed by atoms with Crippen LogP contribution in [0.15, 0.2) is 29.0 Å². The zero-order chi connectivity index (χ0) is 16.9.